The number of nitrogens with one attached hydrogen (secondary N) is 2. The zero-order valence-electron chi connectivity index (χ0n) is 13.6. The van der Waals surface area contributed by atoms with Gasteiger partial charge in [0.1, 0.15) is 0 Å². The largest absolute Gasteiger partial charge is 0.302 e. The summed E-state index contributed by atoms with van der Waals surface area (Å²) in [6.45, 7) is 3.27. The molecule has 0 amide bonds. The number of Topliss-reactive ketones (excluding diaryl/α,β-unsaturated/α-hetero) is 2. The summed E-state index contributed by atoms with van der Waals surface area (Å²) in [5, 5.41) is 15.0. The normalized spacial score (nSPS) is 10.2. The first-order chi connectivity index (χ1) is 11.4. The Morgan fingerprint density at radius 3 is 1.62 bits per heavy atom. The van der Waals surface area contributed by atoms with Gasteiger partial charge in [-0.05, 0) is 61.9 Å². The lowest BCUT2D eigenvalue weighted by molar-refractivity contribution is 0.105. The van der Waals surface area contributed by atoms with Gasteiger partial charge in [-0.2, -0.15) is 0 Å². The van der Waals surface area contributed by atoms with Crippen LogP contribution in [-0.4, -0.2) is 23.0 Å². The van der Waals surface area contributed by atoms with Crippen molar-refractivity contribution in [1.29, 1.82) is 10.8 Å². The van der Waals surface area contributed by atoms with Gasteiger partial charge in [0, 0.05) is 20.9 Å². The van der Waals surface area contributed by atoms with Crippen LogP contribution in [0.4, 0.5) is 0 Å². The van der Waals surface area contributed by atoms with Gasteiger partial charge in [-0.3, -0.25) is 9.59 Å². The molecule has 0 aliphatic heterocycles. The highest BCUT2D eigenvalue weighted by Crippen LogP contribution is 2.28. The molecule has 0 saturated carbocycles. The Labute approximate surface area is 145 Å². The number of ketones is 2. The van der Waals surface area contributed by atoms with Crippen LogP contribution in [-0.2, 0) is 0 Å². The molecule has 0 atom stereocenters. The quantitative estimate of drug-likeness (QED) is 0.568. The first-order valence-corrected chi connectivity index (χ1v) is 8.34. The third kappa shape index (κ3) is 4.26. The van der Waals surface area contributed by atoms with Crippen LogP contribution in [0.15, 0.2) is 58.3 Å². The van der Waals surface area contributed by atoms with E-state index in [-0.39, 0.29) is 23.0 Å². The zero-order valence-corrected chi connectivity index (χ0v) is 14.4. The van der Waals surface area contributed by atoms with E-state index in [1.54, 1.807) is 31.2 Å². The van der Waals surface area contributed by atoms with E-state index in [1.165, 1.54) is 18.7 Å². The van der Waals surface area contributed by atoms with Gasteiger partial charge in [0.2, 0.25) is 11.6 Å². The van der Waals surface area contributed by atoms with E-state index >= 15 is 0 Å². The number of hydrogen-bond acceptors (Lipinski definition) is 5. The molecule has 2 aromatic carbocycles. The van der Waals surface area contributed by atoms with Crippen LogP contribution in [0.5, 0.6) is 0 Å². The standard InChI is InChI=1S/C19H18N2O2S/c1-3-17(21)19(23)14-6-10-16(11-7-14)24-15-8-4-13(5-9-15)18(22)12(2)20/h4-11,20-21H,3H2,1-2H3. The molecule has 0 bridgehead atoms. The van der Waals surface area contributed by atoms with E-state index in [2.05, 4.69) is 0 Å². The molecule has 0 aliphatic carbocycles. The SMILES string of the molecule is CCC(=N)C(=O)c1ccc(Sc2ccc(C(=O)C(C)=N)cc2)cc1. The van der Waals surface area contributed by atoms with Gasteiger partial charge in [-0.25, -0.2) is 0 Å². The van der Waals surface area contributed by atoms with Crippen LogP contribution in [0.2, 0.25) is 0 Å². The maximum Gasteiger partial charge on any atom is 0.206 e. The maximum absolute atomic E-state index is 11.9. The Kier molecular flexibility index (Phi) is 5.82. The van der Waals surface area contributed by atoms with Crippen LogP contribution in [0, 0.1) is 10.8 Å². The lowest BCUT2D eigenvalue weighted by atomic mass is 10.1. The topological polar surface area (TPSA) is 81.8 Å². The molecule has 2 rings (SSSR count). The fourth-order valence-corrected chi connectivity index (χ4v) is 2.85. The van der Waals surface area contributed by atoms with E-state index < -0.39 is 0 Å². The summed E-state index contributed by atoms with van der Waals surface area (Å²) < 4.78 is 0. The first-order valence-electron chi connectivity index (χ1n) is 7.52. The molecule has 0 unspecified atom stereocenters. The smallest absolute Gasteiger partial charge is 0.206 e. The van der Waals surface area contributed by atoms with Gasteiger partial charge in [-0.1, -0.05) is 18.7 Å². The highest BCUT2D eigenvalue weighted by Gasteiger charge is 2.11. The number of benzene rings is 2. The monoisotopic (exact) mass is 338 g/mol. The minimum Gasteiger partial charge on any atom is -0.302 e. The van der Waals surface area contributed by atoms with E-state index in [0.717, 1.165) is 9.79 Å². The van der Waals surface area contributed by atoms with Gasteiger partial charge in [-0.15, -0.1) is 0 Å². The number of carbonyl (C=O) groups is 2. The fraction of sp³-hybridized carbons (Fsp3) is 0.158. The third-order valence-corrected chi connectivity index (χ3v) is 4.45. The third-order valence-electron chi connectivity index (χ3n) is 3.44. The second-order valence-electron chi connectivity index (χ2n) is 5.27. The van der Waals surface area contributed by atoms with Crippen molar-refractivity contribution < 1.29 is 9.59 Å². The Hall–Kier alpha value is -2.53. The summed E-state index contributed by atoms with van der Waals surface area (Å²) in [7, 11) is 0. The van der Waals surface area contributed by atoms with Crippen LogP contribution >= 0.6 is 11.8 Å². The van der Waals surface area contributed by atoms with Crippen molar-refractivity contribution in [2.24, 2.45) is 0 Å². The molecule has 122 valence electrons. The van der Waals surface area contributed by atoms with Crippen molar-refractivity contribution in [3.05, 3.63) is 59.7 Å². The predicted octanol–water partition coefficient (Wildman–Crippen LogP) is 4.67. The molecule has 0 radical (unpaired) electrons. The van der Waals surface area contributed by atoms with E-state index in [0.29, 0.717) is 17.5 Å². The molecule has 0 fully saturated rings. The summed E-state index contributed by atoms with van der Waals surface area (Å²) >= 11 is 1.52. The molecular formula is C19H18N2O2S. The van der Waals surface area contributed by atoms with Crippen LogP contribution in [0.3, 0.4) is 0 Å². The molecule has 0 aliphatic rings. The van der Waals surface area contributed by atoms with Gasteiger partial charge in [0.25, 0.3) is 0 Å². The van der Waals surface area contributed by atoms with Crippen molar-refractivity contribution in [3.63, 3.8) is 0 Å². The highest BCUT2D eigenvalue weighted by atomic mass is 32.2. The van der Waals surface area contributed by atoms with Crippen molar-refractivity contribution in [2.75, 3.05) is 0 Å². The first kappa shape index (κ1) is 17.8. The van der Waals surface area contributed by atoms with Gasteiger partial charge in [0.05, 0.1) is 11.4 Å². The minimum absolute atomic E-state index is 0.0216. The average molecular weight is 338 g/mol. The summed E-state index contributed by atoms with van der Waals surface area (Å²) in [4.78, 5) is 25.6. The predicted molar refractivity (Wildman–Crippen MR) is 97.1 cm³/mol. The molecule has 2 N–H and O–H groups in total. The van der Waals surface area contributed by atoms with Crippen molar-refractivity contribution in [3.8, 4) is 0 Å². The second-order valence-corrected chi connectivity index (χ2v) is 6.41. The fourth-order valence-electron chi connectivity index (χ4n) is 2.04. The van der Waals surface area contributed by atoms with E-state index in [1.807, 2.05) is 24.3 Å². The number of rotatable bonds is 7. The van der Waals surface area contributed by atoms with Crippen LogP contribution in [0.25, 0.3) is 0 Å². The van der Waals surface area contributed by atoms with E-state index in [9.17, 15) is 9.59 Å². The lowest BCUT2D eigenvalue weighted by Crippen LogP contribution is -2.11. The van der Waals surface area contributed by atoms with Crippen LogP contribution in [0.1, 0.15) is 41.0 Å². The minimum atomic E-state index is -0.271. The summed E-state index contributed by atoms with van der Waals surface area (Å²) in [6.07, 6.45) is 0.426. The Morgan fingerprint density at radius 1 is 0.833 bits per heavy atom. The molecular weight excluding hydrogens is 320 g/mol. The van der Waals surface area contributed by atoms with E-state index in [4.69, 9.17) is 10.8 Å². The molecule has 2 aromatic rings. The molecule has 0 heterocycles. The summed E-state index contributed by atoms with van der Waals surface area (Å²) in [5.74, 6) is -0.508. The molecule has 0 spiro atoms. The molecule has 0 aromatic heterocycles. The number of carbonyl (C=O) groups excluding carboxylic acids is 2. The van der Waals surface area contributed by atoms with Crippen molar-refractivity contribution >= 4 is 34.8 Å². The second kappa shape index (κ2) is 7.84. The van der Waals surface area contributed by atoms with Crippen molar-refractivity contribution in [2.45, 2.75) is 30.1 Å². The number of hydrogen-bond donors (Lipinski definition) is 2. The highest BCUT2D eigenvalue weighted by molar-refractivity contribution is 7.99. The average Bonchev–Trinajstić information content (AvgIpc) is 2.61. The Bertz CT molecular complexity index is 793. The molecule has 0 saturated heterocycles. The van der Waals surface area contributed by atoms with Gasteiger partial charge in [0.15, 0.2) is 0 Å². The van der Waals surface area contributed by atoms with Crippen molar-refractivity contribution in [1.82, 2.24) is 0 Å². The zero-order chi connectivity index (χ0) is 17.7. The lowest BCUT2D eigenvalue weighted by Gasteiger charge is -2.05. The maximum atomic E-state index is 11.9. The molecule has 5 heteroatoms. The van der Waals surface area contributed by atoms with Gasteiger partial charge >= 0.3 is 0 Å². The molecule has 4 nitrogen and oxygen atoms in total. The molecule has 24 heavy (non-hydrogen) atoms. The Balaban J connectivity index is 2.09. The summed E-state index contributed by atoms with van der Waals surface area (Å²) in [6, 6.07) is 14.3. The Morgan fingerprint density at radius 2 is 1.25 bits per heavy atom. The summed E-state index contributed by atoms with van der Waals surface area (Å²) in [5.41, 5.74) is 1.16. The van der Waals surface area contributed by atoms with Gasteiger partial charge < -0.3 is 10.8 Å². The van der Waals surface area contributed by atoms with Crippen LogP contribution < -0.4 is 0 Å².